The Kier molecular flexibility index (Phi) is 5.16. The summed E-state index contributed by atoms with van der Waals surface area (Å²) in [6.45, 7) is -0.110. The van der Waals surface area contributed by atoms with E-state index in [4.69, 9.17) is 27.0 Å². The molecule has 0 aliphatic carbocycles. The van der Waals surface area contributed by atoms with E-state index < -0.39 is 11.8 Å². The number of hydrogen-bond acceptors (Lipinski definition) is 6. The molecule has 2 amide bonds. The number of amides is 2. The average molecular weight is 345 g/mol. The molecule has 2 rings (SSSR count). The number of nitrogens with zero attached hydrogens (tertiary/aromatic N) is 3. The number of carbonyl (C=O) groups excluding carboxylic acids is 2. The van der Waals surface area contributed by atoms with Gasteiger partial charge >= 0.3 is 0 Å². The number of carbonyl (C=O) groups is 2. The number of hydrogen-bond donors (Lipinski definition) is 0. The van der Waals surface area contributed by atoms with Crippen LogP contribution in [0, 0.1) is 11.3 Å². The van der Waals surface area contributed by atoms with Crippen LogP contribution in [-0.4, -0.2) is 54.5 Å². The highest BCUT2D eigenvalue weighted by atomic mass is 32.1. The number of rotatable bonds is 4. The van der Waals surface area contributed by atoms with Crippen LogP contribution in [0.2, 0.25) is 0 Å². The average Bonchev–Trinajstić information content (AvgIpc) is 2.60. The van der Waals surface area contributed by atoms with E-state index in [1.54, 1.807) is 18.2 Å². The van der Waals surface area contributed by atoms with Crippen molar-refractivity contribution >= 4 is 35.2 Å². The molecule has 1 aliphatic heterocycles. The summed E-state index contributed by atoms with van der Waals surface area (Å²) in [6.07, 6.45) is 1.47. The highest BCUT2D eigenvalue weighted by molar-refractivity contribution is 7.80. The second kappa shape index (κ2) is 7.10. The van der Waals surface area contributed by atoms with Gasteiger partial charge in [0.1, 0.15) is 11.6 Å². The Labute approximate surface area is 144 Å². The summed E-state index contributed by atoms with van der Waals surface area (Å²) >= 11 is 5.04. The Balaban J connectivity index is 2.39. The van der Waals surface area contributed by atoms with Gasteiger partial charge in [-0.3, -0.25) is 19.4 Å². The molecule has 124 valence electrons. The molecule has 7 nitrogen and oxygen atoms in total. The first-order valence-corrected chi connectivity index (χ1v) is 7.31. The van der Waals surface area contributed by atoms with Crippen LogP contribution in [0.5, 0.6) is 11.5 Å². The molecular formula is C16H15N3O4S. The van der Waals surface area contributed by atoms with Crippen molar-refractivity contribution in [1.29, 1.82) is 5.26 Å². The van der Waals surface area contributed by atoms with Crippen molar-refractivity contribution in [2.24, 2.45) is 0 Å². The monoisotopic (exact) mass is 345 g/mol. The van der Waals surface area contributed by atoms with Crippen LogP contribution in [0.4, 0.5) is 0 Å². The van der Waals surface area contributed by atoms with Gasteiger partial charge in [0.25, 0.3) is 11.8 Å². The minimum atomic E-state index is -0.466. The summed E-state index contributed by atoms with van der Waals surface area (Å²) in [5.74, 6) is -0.135. The smallest absolute Gasteiger partial charge is 0.265 e. The predicted octanol–water partition coefficient (Wildman–Crippen LogP) is 1.20. The molecule has 1 aliphatic rings. The SMILES string of the molecule is COc1cc(C=C2C(=O)N(C)C(=S)N(C)C2=O)ccc1OCC#N. The van der Waals surface area contributed by atoms with Crippen molar-refractivity contribution < 1.29 is 19.1 Å². The molecule has 0 radical (unpaired) electrons. The number of methoxy groups -OCH3 is 1. The number of nitriles is 1. The van der Waals surface area contributed by atoms with Gasteiger partial charge in [0.2, 0.25) is 0 Å². The van der Waals surface area contributed by atoms with Crippen molar-refractivity contribution in [3.05, 3.63) is 29.3 Å². The molecule has 1 fully saturated rings. The lowest BCUT2D eigenvalue weighted by Crippen LogP contribution is -2.52. The molecule has 0 unspecified atom stereocenters. The Hall–Kier alpha value is -2.92. The Morgan fingerprint density at radius 1 is 1.21 bits per heavy atom. The van der Waals surface area contributed by atoms with Gasteiger partial charge in [-0.05, 0) is 36.0 Å². The fourth-order valence-electron chi connectivity index (χ4n) is 2.14. The molecule has 1 aromatic carbocycles. The molecule has 0 saturated carbocycles. The second-order valence-electron chi connectivity index (χ2n) is 4.93. The Morgan fingerprint density at radius 3 is 2.38 bits per heavy atom. The zero-order chi connectivity index (χ0) is 17.9. The molecule has 0 atom stereocenters. The van der Waals surface area contributed by atoms with Crippen LogP contribution in [0.25, 0.3) is 6.08 Å². The normalized spacial score (nSPS) is 14.6. The number of ether oxygens (including phenoxy) is 2. The molecule has 1 saturated heterocycles. The third-order valence-corrected chi connectivity index (χ3v) is 3.98. The Bertz CT molecular complexity index is 756. The predicted molar refractivity (Wildman–Crippen MR) is 90.2 cm³/mol. The summed E-state index contributed by atoms with van der Waals surface area (Å²) in [7, 11) is 4.49. The largest absolute Gasteiger partial charge is 0.493 e. The third kappa shape index (κ3) is 3.21. The molecule has 8 heteroatoms. The van der Waals surface area contributed by atoms with Gasteiger partial charge in [0, 0.05) is 14.1 Å². The summed E-state index contributed by atoms with van der Waals surface area (Å²) in [6, 6.07) is 6.76. The first kappa shape index (κ1) is 17.4. The van der Waals surface area contributed by atoms with Gasteiger partial charge in [-0.15, -0.1) is 0 Å². The second-order valence-corrected chi connectivity index (χ2v) is 5.29. The van der Waals surface area contributed by atoms with E-state index in [2.05, 4.69) is 0 Å². The zero-order valence-electron chi connectivity index (χ0n) is 13.4. The standard InChI is InChI=1S/C16H15N3O4S/c1-18-14(20)11(15(21)19(2)16(18)24)8-10-4-5-12(23-7-6-17)13(9-10)22-3/h4-5,8-9H,7H2,1-3H3. The van der Waals surface area contributed by atoms with E-state index in [9.17, 15) is 9.59 Å². The molecule has 0 spiro atoms. The molecule has 24 heavy (non-hydrogen) atoms. The summed E-state index contributed by atoms with van der Waals surface area (Å²) in [5, 5.41) is 8.72. The van der Waals surface area contributed by atoms with Gasteiger partial charge in [0.05, 0.1) is 7.11 Å². The molecular weight excluding hydrogens is 330 g/mol. The van der Waals surface area contributed by atoms with Crippen LogP contribution < -0.4 is 9.47 Å². The van der Waals surface area contributed by atoms with E-state index in [-0.39, 0.29) is 17.3 Å². The van der Waals surface area contributed by atoms with Crippen molar-refractivity contribution in [1.82, 2.24) is 9.80 Å². The zero-order valence-corrected chi connectivity index (χ0v) is 14.2. The van der Waals surface area contributed by atoms with Gasteiger partial charge in [0.15, 0.2) is 23.2 Å². The van der Waals surface area contributed by atoms with E-state index in [1.165, 1.54) is 37.1 Å². The summed E-state index contributed by atoms with van der Waals surface area (Å²) in [4.78, 5) is 27.1. The Morgan fingerprint density at radius 2 is 1.83 bits per heavy atom. The van der Waals surface area contributed by atoms with Gasteiger partial charge in [-0.25, -0.2) is 0 Å². The van der Waals surface area contributed by atoms with E-state index >= 15 is 0 Å². The lowest BCUT2D eigenvalue weighted by molar-refractivity contribution is -0.132. The fraction of sp³-hybridized carbons (Fsp3) is 0.250. The van der Waals surface area contributed by atoms with Crippen molar-refractivity contribution in [2.45, 2.75) is 0 Å². The van der Waals surface area contributed by atoms with Crippen molar-refractivity contribution in [2.75, 3.05) is 27.8 Å². The fourth-order valence-corrected chi connectivity index (χ4v) is 2.31. The van der Waals surface area contributed by atoms with Crippen LogP contribution >= 0.6 is 12.2 Å². The highest BCUT2D eigenvalue weighted by Gasteiger charge is 2.35. The summed E-state index contributed by atoms with van der Waals surface area (Å²) < 4.78 is 10.4. The maximum Gasteiger partial charge on any atom is 0.265 e. The van der Waals surface area contributed by atoms with Crippen LogP contribution in [0.15, 0.2) is 23.8 Å². The van der Waals surface area contributed by atoms with Gasteiger partial charge in [-0.1, -0.05) is 6.07 Å². The van der Waals surface area contributed by atoms with Crippen LogP contribution in [0.3, 0.4) is 0 Å². The molecule has 0 aromatic heterocycles. The molecule has 0 N–H and O–H groups in total. The number of benzene rings is 1. The van der Waals surface area contributed by atoms with E-state index in [0.29, 0.717) is 17.1 Å². The highest BCUT2D eigenvalue weighted by Crippen LogP contribution is 2.29. The lowest BCUT2D eigenvalue weighted by atomic mass is 10.1. The number of thiocarbonyl (C=S) groups is 1. The number of likely N-dealkylation sites (N-methyl/N-ethyl adjacent to an activating group) is 2. The molecule has 1 heterocycles. The molecule has 0 bridgehead atoms. The maximum absolute atomic E-state index is 12.3. The topological polar surface area (TPSA) is 82.9 Å². The van der Waals surface area contributed by atoms with Gasteiger partial charge in [-0.2, -0.15) is 5.26 Å². The third-order valence-electron chi connectivity index (χ3n) is 3.43. The quantitative estimate of drug-likeness (QED) is 0.463. The van der Waals surface area contributed by atoms with Crippen molar-refractivity contribution in [3.8, 4) is 17.6 Å². The van der Waals surface area contributed by atoms with Crippen LogP contribution in [-0.2, 0) is 9.59 Å². The lowest BCUT2D eigenvalue weighted by Gasteiger charge is -2.31. The minimum Gasteiger partial charge on any atom is -0.493 e. The van der Waals surface area contributed by atoms with E-state index in [1.807, 2.05) is 6.07 Å². The first-order valence-electron chi connectivity index (χ1n) is 6.90. The van der Waals surface area contributed by atoms with Crippen LogP contribution in [0.1, 0.15) is 5.56 Å². The van der Waals surface area contributed by atoms with Crippen molar-refractivity contribution in [3.63, 3.8) is 0 Å². The molecule has 1 aromatic rings. The van der Waals surface area contributed by atoms with Gasteiger partial charge < -0.3 is 9.47 Å². The first-order chi connectivity index (χ1) is 11.4. The minimum absolute atomic E-state index is 0.00125. The van der Waals surface area contributed by atoms with E-state index in [0.717, 1.165) is 0 Å². The summed E-state index contributed by atoms with van der Waals surface area (Å²) in [5.41, 5.74) is 0.587. The maximum atomic E-state index is 12.3.